The van der Waals surface area contributed by atoms with E-state index >= 15 is 0 Å². The summed E-state index contributed by atoms with van der Waals surface area (Å²) in [5.41, 5.74) is 4.38. The van der Waals surface area contributed by atoms with Crippen LogP contribution in [-0.4, -0.2) is 35.8 Å². The summed E-state index contributed by atoms with van der Waals surface area (Å²) in [6, 6.07) is 17.2. The van der Waals surface area contributed by atoms with Crippen molar-refractivity contribution in [1.82, 2.24) is 10.7 Å². The molecule has 4 rings (SSSR count). The molecule has 196 valence electrons. The van der Waals surface area contributed by atoms with Crippen LogP contribution in [0.2, 0.25) is 0 Å². The van der Waals surface area contributed by atoms with E-state index in [1.165, 1.54) is 18.3 Å². The highest BCUT2D eigenvalue weighted by Crippen LogP contribution is 2.32. The molecule has 11 nitrogen and oxygen atoms in total. The number of nitro benzene ring substituents is 1. The summed E-state index contributed by atoms with van der Waals surface area (Å²) in [6.07, 6.45) is 1.48. The molecule has 0 aromatic heterocycles. The molecular weight excluding hydrogens is 492 g/mol. The Labute approximate surface area is 218 Å². The van der Waals surface area contributed by atoms with Gasteiger partial charge in [-0.05, 0) is 71.6 Å². The molecule has 1 atom stereocenters. The van der Waals surface area contributed by atoms with E-state index in [0.29, 0.717) is 22.8 Å². The molecule has 0 spiro atoms. The van der Waals surface area contributed by atoms with E-state index in [4.69, 9.17) is 14.2 Å². The Hall–Kier alpha value is -4.93. The first kappa shape index (κ1) is 26.1. The van der Waals surface area contributed by atoms with Crippen LogP contribution in [0.1, 0.15) is 35.3 Å². The maximum absolute atomic E-state index is 12.7. The second-order valence-corrected chi connectivity index (χ2v) is 8.78. The number of ether oxygens (including phenoxy) is 3. The van der Waals surface area contributed by atoms with Crippen LogP contribution in [0.5, 0.6) is 17.2 Å². The van der Waals surface area contributed by atoms with Crippen molar-refractivity contribution in [3.05, 3.63) is 93.5 Å². The summed E-state index contributed by atoms with van der Waals surface area (Å²) in [5.74, 6) is 0.610. The highest BCUT2D eigenvalue weighted by atomic mass is 16.7. The predicted molar refractivity (Wildman–Crippen MR) is 138 cm³/mol. The molecule has 0 bridgehead atoms. The van der Waals surface area contributed by atoms with Crippen LogP contribution in [0.15, 0.2) is 71.8 Å². The zero-order valence-electron chi connectivity index (χ0n) is 20.7. The normalized spacial score (nSPS) is 12.8. The fraction of sp³-hybridized carbons (Fsp3) is 0.222. The average molecular weight is 519 g/mol. The Bertz CT molecular complexity index is 1340. The molecule has 0 aliphatic carbocycles. The van der Waals surface area contributed by atoms with Crippen LogP contribution in [-0.2, 0) is 11.4 Å². The average Bonchev–Trinajstić information content (AvgIpc) is 3.39. The van der Waals surface area contributed by atoms with Gasteiger partial charge >= 0.3 is 0 Å². The second-order valence-electron chi connectivity index (χ2n) is 8.78. The first-order valence-electron chi connectivity index (χ1n) is 11.8. The smallest absolute Gasteiger partial charge is 0.269 e. The number of nitro groups is 1. The Kier molecular flexibility index (Phi) is 8.17. The molecule has 11 heteroatoms. The lowest BCUT2D eigenvalue weighted by Gasteiger charge is -2.20. The molecule has 0 saturated heterocycles. The van der Waals surface area contributed by atoms with Gasteiger partial charge in [0.25, 0.3) is 17.5 Å². The topological polar surface area (TPSA) is 141 Å². The van der Waals surface area contributed by atoms with E-state index in [1.807, 2.05) is 13.8 Å². The van der Waals surface area contributed by atoms with Gasteiger partial charge in [-0.25, -0.2) is 5.43 Å². The maximum atomic E-state index is 12.7. The first-order chi connectivity index (χ1) is 18.3. The summed E-state index contributed by atoms with van der Waals surface area (Å²) < 4.78 is 16.3. The first-order valence-corrected chi connectivity index (χ1v) is 11.8. The van der Waals surface area contributed by atoms with Gasteiger partial charge in [-0.2, -0.15) is 5.10 Å². The number of hydrazone groups is 1. The third kappa shape index (κ3) is 6.64. The van der Waals surface area contributed by atoms with E-state index < -0.39 is 22.8 Å². The van der Waals surface area contributed by atoms with Gasteiger partial charge in [0.05, 0.1) is 11.1 Å². The summed E-state index contributed by atoms with van der Waals surface area (Å²) >= 11 is 0. The summed E-state index contributed by atoms with van der Waals surface area (Å²) in [5, 5.41) is 17.5. The highest BCUT2D eigenvalue weighted by molar-refractivity contribution is 5.98. The number of nitrogens with zero attached hydrogens (tertiary/aromatic N) is 2. The summed E-state index contributed by atoms with van der Waals surface area (Å²) in [6.45, 7) is 4.01. The lowest BCUT2D eigenvalue weighted by molar-refractivity contribution is -0.384. The van der Waals surface area contributed by atoms with Crippen LogP contribution >= 0.6 is 0 Å². The van der Waals surface area contributed by atoms with Crippen LogP contribution in [0.4, 0.5) is 5.69 Å². The number of amides is 2. The van der Waals surface area contributed by atoms with Gasteiger partial charge in [0.2, 0.25) is 6.79 Å². The van der Waals surface area contributed by atoms with Crippen LogP contribution in [0, 0.1) is 16.0 Å². The molecule has 1 aliphatic rings. The second kappa shape index (κ2) is 11.9. The van der Waals surface area contributed by atoms with E-state index in [9.17, 15) is 19.7 Å². The number of non-ortho nitro benzene ring substituents is 1. The minimum Gasteiger partial charge on any atom is -0.489 e. The van der Waals surface area contributed by atoms with Crippen LogP contribution in [0.25, 0.3) is 0 Å². The highest BCUT2D eigenvalue weighted by Gasteiger charge is 2.25. The van der Waals surface area contributed by atoms with Crippen molar-refractivity contribution >= 4 is 23.7 Å². The zero-order chi connectivity index (χ0) is 27.1. The van der Waals surface area contributed by atoms with Gasteiger partial charge in [0.1, 0.15) is 18.4 Å². The Morgan fingerprint density at radius 3 is 2.45 bits per heavy atom. The van der Waals surface area contributed by atoms with Gasteiger partial charge in [-0.1, -0.05) is 13.8 Å². The van der Waals surface area contributed by atoms with Crippen LogP contribution in [0.3, 0.4) is 0 Å². The molecule has 1 unspecified atom stereocenters. The molecule has 2 amide bonds. The predicted octanol–water partition coefficient (Wildman–Crippen LogP) is 3.81. The molecule has 1 aliphatic heterocycles. The van der Waals surface area contributed by atoms with E-state index in [2.05, 4.69) is 15.8 Å². The number of carbonyl (C=O) groups is 2. The Balaban J connectivity index is 1.28. The van der Waals surface area contributed by atoms with Crippen molar-refractivity contribution in [2.24, 2.45) is 11.0 Å². The number of hydrogen-bond acceptors (Lipinski definition) is 8. The largest absolute Gasteiger partial charge is 0.489 e. The monoisotopic (exact) mass is 518 g/mol. The van der Waals surface area contributed by atoms with Gasteiger partial charge < -0.3 is 19.5 Å². The third-order valence-electron chi connectivity index (χ3n) is 5.69. The Morgan fingerprint density at radius 1 is 1.05 bits per heavy atom. The number of nitrogens with one attached hydrogen (secondary N) is 2. The fourth-order valence-corrected chi connectivity index (χ4v) is 3.57. The lowest BCUT2D eigenvalue weighted by atomic mass is 10.0. The minimum atomic E-state index is -0.805. The van der Waals surface area contributed by atoms with E-state index in [-0.39, 0.29) is 25.0 Å². The van der Waals surface area contributed by atoms with Crippen molar-refractivity contribution in [2.45, 2.75) is 26.5 Å². The van der Waals surface area contributed by atoms with Gasteiger partial charge in [-0.3, -0.25) is 19.7 Å². The maximum Gasteiger partial charge on any atom is 0.269 e. The van der Waals surface area contributed by atoms with Crippen molar-refractivity contribution in [2.75, 3.05) is 6.79 Å². The van der Waals surface area contributed by atoms with Gasteiger partial charge in [-0.15, -0.1) is 0 Å². The molecular formula is C27H26N4O7. The lowest BCUT2D eigenvalue weighted by Crippen LogP contribution is -2.48. The molecule has 0 fully saturated rings. The van der Waals surface area contributed by atoms with E-state index in [0.717, 1.165) is 11.1 Å². The van der Waals surface area contributed by atoms with Crippen molar-refractivity contribution in [3.8, 4) is 17.2 Å². The fourth-order valence-electron chi connectivity index (χ4n) is 3.57. The Morgan fingerprint density at radius 2 is 1.76 bits per heavy atom. The third-order valence-corrected chi connectivity index (χ3v) is 5.69. The van der Waals surface area contributed by atoms with Crippen LogP contribution < -0.4 is 25.0 Å². The quantitative estimate of drug-likeness (QED) is 0.236. The molecule has 38 heavy (non-hydrogen) atoms. The molecule has 3 aromatic rings. The summed E-state index contributed by atoms with van der Waals surface area (Å²) in [4.78, 5) is 35.7. The number of fused-ring (bicyclic) bond motifs is 1. The van der Waals surface area contributed by atoms with Gasteiger partial charge in [0, 0.05) is 17.7 Å². The SMILES string of the molecule is CC(C)C(NC(=O)c1ccc2c(c1)OCO2)C(=O)NN=Cc1ccc(OCc2ccc([N+](=O)[O-])cc2)cc1. The summed E-state index contributed by atoms with van der Waals surface area (Å²) in [7, 11) is 0. The number of rotatable bonds is 10. The van der Waals surface area contributed by atoms with E-state index in [1.54, 1.807) is 54.6 Å². The molecule has 0 saturated carbocycles. The zero-order valence-corrected chi connectivity index (χ0v) is 20.7. The molecule has 2 N–H and O–H groups in total. The van der Waals surface area contributed by atoms with Gasteiger partial charge in [0.15, 0.2) is 11.5 Å². The van der Waals surface area contributed by atoms with Crippen molar-refractivity contribution in [1.29, 1.82) is 0 Å². The number of hydrogen-bond donors (Lipinski definition) is 2. The number of carbonyl (C=O) groups excluding carboxylic acids is 2. The van der Waals surface area contributed by atoms with Crippen molar-refractivity contribution < 1.29 is 28.7 Å². The standard InChI is InChI=1S/C27H26N4O7/c1-17(2)25(29-26(32)20-7-12-23-24(13-20)38-16-37-23)27(33)30-28-14-18-5-10-22(11-6-18)36-15-19-3-8-21(9-4-19)31(34)35/h3-14,17,25H,15-16H2,1-2H3,(H,29,32)(H,30,33). The molecule has 0 radical (unpaired) electrons. The number of benzene rings is 3. The minimum absolute atomic E-state index is 0.0243. The molecule has 1 heterocycles. The van der Waals surface area contributed by atoms with Crippen molar-refractivity contribution in [3.63, 3.8) is 0 Å². The molecule has 3 aromatic carbocycles.